The molecule has 9 nitrogen and oxygen atoms in total. The van der Waals surface area contributed by atoms with Crippen molar-refractivity contribution in [1.82, 2.24) is 5.32 Å². The van der Waals surface area contributed by atoms with Crippen molar-refractivity contribution in [3.05, 3.63) is 60.8 Å². The van der Waals surface area contributed by atoms with Crippen molar-refractivity contribution in [2.75, 3.05) is 13.2 Å². The van der Waals surface area contributed by atoms with Gasteiger partial charge < -0.3 is 40.3 Å². The number of rotatable bonds is 52. The molecule has 0 aliphatic carbocycles. The van der Waals surface area contributed by atoms with E-state index in [0.29, 0.717) is 6.42 Å². The van der Waals surface area contributed by atoms with E-state index in [1.807, 2.05) is 6.08 Å². The molecular weight excluding hydrogens is 899 g/mol. The number of unbranched alkanes of at least 4 members (excludes halogenated alkanes) is 34. The van der Waals surface area contributed by atoms with Gasteiger partial charge in [-0.1, -0.05) is 254 Å². The molecule has 9 heteroatoms. The highest BCUT2D eigenvalue weighted by molar-refractivity contribution is 5.76. The van der Waals surface area contributed by atoms with Crippen molar-refractivity contribution in [3.8, 4) is 0 Å². The predicted octanol–water partition coefficient (Wildman–Crippen LogP) is 15.5. The van der Waals surface area contributed by atoms with Crippen LogP contribution in [0.25, 0.3) is 0 Å². The molecular formula is C63H115NO8. The lowest BCUT2D eigenvalue weighted by atomic mass is 9.99. The van der Waals surface area contributed by atoms with E-state index >= 15 is 0 Å². The van der Waals surface area contributed by atoms with E-state index in [4.69, 9.17) is 9.47 Å². The Labute approximate surface area is 443 Å². The van der Waals surface area contributed by atoms with Crippen LogP contribution in [0.15, 0.2) is 60.8 Å². The number of hydrogen-bond acceptors (Lipinski definition) is 8. The van der Waals surface area contributed by atoms with Gasteiger partial charge in [-0.05, 0) is 77.0 Å². The molecule has 6 N–H and O–H groups in total. The van der Waals surface area contributed by atoms with Crippen LogP contribution in [0.5, 0.6) is 0 Å². The highest BCUT2D eigenvalue weighted by Crippen LogP contribution is 2.23. The van der Waals surface area contributed by atoms with Gasteiger partial charge in [-0.25, -0.2) is 0 Å². The Kier molecular flexibility index (Phi) is 49.4. The van der Waals surface area contributed by atoms with Gasteiger partial charge >= 0.3 is 0 Å². The van der Waals surface area contributed by atoms with Crippen LogP contribution in [0.3, 0.4) is 0 Å². The van der Waals surface area contributed by atoms with E-state index in [1.165, 1.54) is 193 Å². The summed E-state index contributed by atoms with van der Waals surface area (Å²) in [6.45, 7) is 3.75. The molecule has 7 atom stereocenters. The van der Waals surface area contributed by atoms with Crippen molar-refractivity contribution < 1.29 is 39.8 Å². The predicted molar refractivity (Wildman–Crippen MR) is 304 cm³/mol. The smallest absolute Gasteiger partial charge is 0.220 e. The molecule has 0 aromatic carbocycles. The molecule has 1 amide bonds. The Hall–Kier alpha value is -2.11. The van der Waals surface area contributed by atoms with Crippen molar-refractivity contribution in [3.63, 3.8) is 0 Å². The van der Waals surface area contributed by atoms with Crippen LogP contribution in [0.1, 0.15) is 277 Å². The number of ether oxygens (including phenoxy) is 2. The molecule has 1 rings (SSSR count). The molecule has 0 aromatic rings. The van der Waals surface area contributed by atoms with E-state index in [1.54, 1.807) is 6.08 Å². The SMILES string of the molecule is CCCCC/C=C\C/C=C\CCCCCCCCCC(=O)NC(COC1OC(CO)C(O)C(O)C1O)C(O)/C=C/CC/C=C/CC/C=C/CCCCCCCCCCCCCCCCCCCCCCCC. The summed E-state index contributed by atoms with van der Waals surface area (Å²) in [5, 5.41) is 54.5. The molecule has 420 valence electrons. The highest BCUT2D eigenvalue weighted by atomic mass is 16.7. The zero-order valence-electron chi connectivity index (χ0n) is 46.7. The quantitative estimate of drug-likeness (QED) is 0.0261. The van der Waals surface area contributed by atoms with Gasteiger partial charge in [0.2, 0.25) is 5.91 Å². The molecule has 1 saturated heterocycles. The first-order valence-electron chi connectivity index (χ1n) is 30.5. The van der Waals surface area contributed by atoms with E-state index in [9.17, 15) is 30.3 Å². The number of allylic oxidation sites excluding steroid dienone is 9. The Morgan fingerprint density at radius 3 is 1.28 bits per heavy atom. The fourth-order valence-corrected chi connectivity index (χ4v) is 9.46. The molecule has 1 fully saturated rings. The lowest BCUT2D eigenvalue weighted by Gasteiger charge is -2.40. The van der Waals surface area contributed by atoms with Gasteiger partial charge in [0.15, 0.2) is 6.29 Å². The van der Waals surface area contributed by atoms with Gasteiger partial charge in [0.05, 0.1) is 25.4 Å². The normalized spacial score (nSPS) is 19.6. The molecule has 0 aromatic heterocycles. The second-order valence-electron chi connectivity index (χ2n) is 21.1. The van der Waals surface area contributed by atoms with Gasteiger partial charge in [-0.2, -0.15) is 0 Å². The number of hydrogen-bond donors (Lipinski definition) is 6. The summed E-state index contributed by atoms with van der Waals surface area (Å²) in [5.74, 6) is -0.199. The van der Waals surface area contributed by atoms with Gasteiger partial charge in [-0.15, -0.1) is 0 Å². The van der Waals surface area contributed by atoms with E-state index in [-0.39, 0.29) is 12.5 Å². The lowest BCUT2D eigenvalue weighted by Crippen LogP contribution is -2.60. The molecule has 1 aliphatic rings. The standard InChI is InChI=1S/C63H115NO8/c1-3-5-7-9-11-13-15-17-19-21-22-23-24-25-26-27-28-29-30-31-32-33-34-35-37-38-40-42-44-46-48-50-52-57(66)56(55-71-63-62(70)61(69)60(68)58(54-65)72-63)64-59(67)53-51-49-47-45-43-41-39-36-20-18-16-14-12-10-8-6-4-2/h12,14,18,20,35,37,42,44,50,52,56-58,60-63,65-66,68-70H,3-11,13,15-17,19,21-34,36,38-41,43,45-49,51,53-55H2,1-2H3,(H,64,67)/b14-12-,20-18-,37-35+,44-42+,52-50+. The molecule has 72 heavy (non-hydrogen) atoms. The van der Waals surface area contributed by atoms with Crippen LogP contribution < -0.4 is 5.32 Å². The number of aliphatic hydroxyl groups is 5. The van der Waals surface area contributed by atoms with Gasteiger partial charge in [0.1, 0.15) is 24.4 Å². The maximum atomic E-state index is 13.0. The third-order valence-electron chi connectivity index (χ3n) is 14.3. The minimum atomic E-state index is -1.58. The maximum Gasteiger partial charge on any atom is 0.220 e. The van der Waals surface area contributed by atoms with Crippen LogP contribution in [-0.2, 0) is 14.3 Å². The molecule has 0 bridgehead atoms. The summed E-state index contributed by atoms with van der Waals surface area (Å²) in [5.41, 5.74) is 0. The maximum absolute atomic E-state index is 13.0. The van der Waals surface area contributed by atoms with Gasteiger partial charge in [-0.3, -0.25) is 4.79 Å². The molecule has 0 saturated carbocycles. The first-order valence-corrected chi connectivity index (χ1v) is 30.5. The van der Waals surface area contributed by atoms with Crippen LogP contribution in [-0.4, -0.2) is 87.5 Å². The molecule has 1 aliphatic heterocycles. The third kappa shape index (κ3) is 41.2. The van der Waals surface area contributed by atoms with Gasteiger partial charge in [0.25, 0.3) is 0 Å². The van der Waals surface area contributed by atoms with E-state index < -0.39 is 49.5 Å². The Balaban J connectivity index is 2.21. The van der Waals surface area contributed by atoms with Crippen LogP contribution in [0.2, 0.25) is 0 Å². The Morgan fingerprint density at radius 2 is 0.833 bits per heavy atom. The summed E-state index contributed by atoms with van der Waals surface area (Å²) >= 11 is 0. The van der Waals surface area contributed by atoms with Crippen molar-refractivity contribution in [1.29, 1.82) is 0 Å². The average Bonchev–Trinajstić information content (AvgIpc) is 3.38. The third-order valence-corrected chi connectivity index (χ3v) is 14.3. The zero-order valence-corrected chi connectivity index (χ0v) is 46.7. The molecule has 0 radical (unpaired) electrons. The average molecular weight is 1010 g/mol. The second kappa shape index (κ2) is 52.3. The Morgan fingerprint density at radius 1 is 0.472 bits per heavy atom. The minimum Gasteiger partial charge on any atom is -0.394 e. The summed E-state index contributed by atoms with van der Waals surface area (Å²) < 4.78 is 11.2. The number of carbonyl (C=O) groups excluding carboxylic acids is 1. The first-order chi connectivity index (χ1) is 35.3. The Bertz CT molecular complexity index is 1310. The second-order valence-corrected chi connectivity index (χ2v) is 21.1. The zero-order chi connectivity index (χ0) is 52.2. The molecule has 1 heterocycles. The summed E-state index contributed by atoms with van der Waals surface area (Å²) in [6, 6.07) is -0.835. The number of nitrogens with one attached hydrogen (secondary N) is 1. The number of carbonyl (C=O) groups is 1. The summed E-state index contributed by atoms with van der Waals surface area (Å²) in [4.78, 5) is 13.0. The topological polar surface area (TPSA) is 149 Å². The number of aliphatic hydroxyl groups excluding tert-OH is 5. The highest BCUT2D eigenvalue weighted by Gasteiger charge is 2.44. The van der Waals surface area contributed by atoms with Crippen LogP contribution in [0.4, 0.5) is 0 Å². The largest absolute Gasteiger partial charge is 0.394 e. The fourth-order valence-electron chi connectivity index (χ4n) is 9.46. The number of amides is 1. The monoisotopic (exact) mass is 1010 g/mol. The summed E-state index contributed by atoms with van der Waals surface area (Å²) in [6.07, 6.45) is 64.5. The summed E-state index contributed by atoms with van der Waals surface area (Å²) in [7, 11) is 0. The fraction of sp³-hybridized carbons (Fsp3) is 0.825. The minimum absolute atomic E-state index is 0.199. The lowest BCUT2D eigenvalue weighted by molar-refractivity contribution is -0.302. The molecule has 7 unspecified atom stereocenters. The van der Waals surface area contributed by atoms with Crippen molar-refractivity contribution in [2.24, 2.45) is 0 Å². The van der Waals surface area contributed by atoms with Crippen molar-refractivity contribution in [2.45, 2.75) is 320 Å². The van der Waals surface area contributed by atoms with Crippen LogP contribution >= 0.6 is 0 Å². The first kappa shape index (κ1) is 67.9. The van der Waals surface area contributed by atoms with E-state index in [0.717, 1.165) is 64.2 Å². The van der Waals surface area contributed by atoms with Crippen LogP contribution in [0, 0.1) is 0 Å². The molecule has 0 spiro atoms. The van der Waals surface area contributed by atoms with Crippen molar-refractivity contribution >= 4 is 5.91 Å². The van der Waals surface area contributed by atoms with Gasteiger partial charge in [0, 0.05) is 6.42 Å². The van der Waals surface area contributed by atoms with E-state index in [2.05, 4.69) is 67.8 Å².